The van der Waals surface area contributed by atoms with Gasteiger partial charge in [0.05, 0.1) is 10.6 Å². The number of aliphatic imine (C=N–C) groups is 1. The smallest absolute Gasteiger partial charge is 0.200 e. The van der Waals surface area contributed by atoms with Crippen molar-refractivity contribution in [2.24, 2.45) is 4.99 Å². The molecule has 0 spiro atoms. The molecule has 0 atom stereocenters. The molecule has 1 aromatic carbocycles. The molecule has 1 aliphatic rings. The predicted octanol–water partition coefficient (Wildman–Crippen LogP) is 2.15. The molecule has 0 radical (unpaired) electrons. The first-order valence-corrected chi connectivity index (χ1v) is 6.20. The van der Waals surface area contributed by atoms with E-state index in [1.165, 1.54) is 17.0 Å². The second kappa shape index (κ2) is 3.67. The molecule has 1 heterocycles. The molecule has 0 fully saturated rings. The standard InChI is InChI=1S/C10H7NO2S2/c12-15(13)6-3-8-1-2-9(7-10(8)15)11-4-5-14/h1-7H. The third-order valence-corrected chi connectivity index (χ3v) is 3.60. The van der Waals surface area contributed by atoms with E-state index in [4.69, 9.17) is 0 Å². The van der Waals surface area contributed by atoms with E-state index in [1.54, 1.807) is 24.3 Å². The maximum Gasteiger partial charge on any atom is 0.200 e. The number of sulfone groups is 1. The van der Waals surface area contributed by atoms with Crippen molar-refractivity contribution in [1.82, 2.24) is 0 Å². The Balaban J connectivity index is 2.53. The summed E-state index contributed by atoms with van der Waals surface area (Å²) in [6.45, 7) is 0. The van der Waals surface area contributed by atoms with Gasteiger partial charge in [-0.25, -0.2) is 8.42 Å². The van der Waals surface area contributed by atoms with Crippen molar-refractivity contribution in [3.8, 4) is 0 Å². The van der Waals surface area contributed by atoms with Crippen LogP contribution in [0.3, 0.4) is 0 Å². The maximum atomic E-state index is 11.5. The van der Waals surface area contributed by atoms with Crippen LogP contribution in [0.15, 0.2) is 33.5 Å². The minimum absolute atomic E-state index is 0.307. The lowest BCUT2D eigenvalue weighted by Gasteiger charge is -1.99. The van der Waals surface area contributed by atoms with Crippen molar-refractivity contribution in [3.05, 3.63) is 29.2 Å². The van der Waals surface area contributed by atoms with Gasteiger partial charge in [-0.05, 0) is 23.8 Å². The molecule has 1 aromatic rings. The Kier molecular flexibility index (Phi) is 2.50. The van der Waals surface area contributed by atoms with Crippen molar-refractivity contribution in [3.63, 3.8) is 0 Å². The molecule has 0 bridgehead atoms. The van der Waals surface area contributed by atoms with E-state index in [9.17, 15) is 8.42 Å². The number of thiocarbonyl (C=S) groups is 1. The summed E-state index contributed by atoms with van der Waals surface area (Å²) in [5, 5.41) is 2.57. The first-order valence-electron chi connectivity index (χ1n) is 4.18. The number of fused-ring (bicyclic) bond motifs is 1. The lowest BCUT2D eigenvalue weighted by molar-refractivity contribution is 0.605. The van der Waals surface area contributed by atoms with Gasteiger partial charge in [0.15, 0.2) is 0 Å². The fourth-order valence-corrected chi connectivity index (χ4v) is 2.62. The highest BCUT2D eigenvalue weighted by molar-refractivity contribution is 7.94. The third-order valence-electron chi connectivity index (χ3n) is 2.01. The molecule has 0 unspecified atom stereocenters. The van der Waals surface area contributed by atoms with Crippen LogP contribution in [0, 0.1) is 0 Å². The van der Waals surface area contributed by atoms with E-state index in [2.05, 4.69) is 17.2 Å². The topological polar surface area (TPSA) is 46.5 Å². The van der Waals surface area contributed by atoms with E-state index < -0.39 is 9.84 Å². The molecule has 0 amide bonds. The van der Waals surface area contributed by atoms with E-state index in [0.29, 0.717) is 16.1 Å². The van der Waals surface area contributed by atoms with Gasteiger partial charge in [-0.15, -0.1) is 0 Å². The number of rotatable bonds is 2. The minimum atomic E-state index is -3.24. The highest BCUT2D eigenvalue weighted by Gasteiger charge is 2.20. The zero-order valence-electron chi connectivity index (χ0n) is 7.62. The Labute approximate surface area is 93.1 Å². The molecule has 5 heteroatoms. The van der Waals surface area contributed by atoms with Gasteiger partial charge in [-0.2, -0.15) is 0 Å². The van der Waals surface area contributed by atoms with Crippen LogP contribution >= 0.6 is 12.2 Å². The number of hydrogen-bond donors (Lipinski definition) is 0. The fourth-order valence-electron chi connectivity index (χ4n) is 1.34. The number of hydrogen-bond acceptors (Lipinski definition) is 4. The molecule has 0 saturated carbocycles. The normalized spacial score (nSPS) is 16.8. The van der Waals surface area contributed by atoms with E-state index >= 15 is 0 Å². The van der Waals surface area contributed by atoms with Gasteiger partial charge in [0.1, 0.15) is 0 Å². The van der Waals surface area contributed by atoms with E-state index in [0.717, 1.165) is 0 Å². The molecule has 0 N–H and O–H groups in total. The van der Waals surface area contributed by atoms with Gasteiger partial charge in [-0.1, -0.05) is 18.3 Å². The molecule has 0 saturated heterocycles. The average Bonchev–Trinajstić information content (AvgIpc) is 2.52. The van der Waals surface area contributed by atoms with E-state index in [1.807, 2.05) is 0 Å². The Bertz CT molecular complexity index is 571. The van der Waals surface area contributed by atoms with Crippen LogP contribution in [0.2, 0.25) is 0 Å². The van der Waals surface area contributed by atoms with Crippen LogP contribution in [0.4, 0.5) is 5.69 Å². The lowest BCUT2D eigenvalue weighted by atomic mass is 10.2. The summed E-state index contributed by atoms with van der Waals surface area (Å²) in [6.07, 6.45) is 3.03. The molecule has 15 heavy (non-hydrogen) atoms. The monoisotopic (exact) mass is 237 g/mol. The molecular formula is C10H7NO2S2. The molecule has 76 valence electrons. The van der Waals surface area contributed by atoms with Gasteiger partial charge in [0.25, 0.3) is 0 Å². The van der Waals surface area contributed by atoms with Gasteiger partial charge in [-0.3, -0.25) is 4.99 Å². The van der Waals surface area contributed by atoms with E-state index in [-0.39, 0.29) is 0 Å². The predicted molar refractivity (Wildman–Crippen MR) is 64.5 cm³/mol. The Morgan fingerprint density at radius 2 is 2.13 bits per heavy atom. The van der Waals surface area contributed by atoms with Crippen molar-refractivity contribution >= 4 is 45.4 Å². The zero-order valence-corrected chi connectivity index (χ0v) is 9.25. The van der Waals surface area contributed by atoms with Crippen LogP contribution in [0.5, 0.6) is 0 Å². The maximum absolute atomic E-state index is 11.5. The zero-order chi connectivity index (χ0) is 10.9. The summed E-state index contributed by atoms with van der Waals surface area (Å²) in [6, 6.07) is 5.02. The van der Waals surface area contributed by atoms with Crippen LogP contribution < -0.4 is 0 Å². The number of nitrogens with zero attached hydrogens (tertiary/aromatic N) is 1. The van der Waals surface area contributed by atoms with Crippen molar-refractivity contribution in [1.29, 1.82) is 0 Å². The van der Waals surface area contributed by atoms with Gasteiger partial charge in [0, 0.05) is 17.0 Å². The minimum Gasteiger partial charge on any atom is -0.256 e. The second-order valence-electron chi connectivity index (χ2n) is 2.98. The molecule has 3 nitrogen and oxygen atoms in total. The van der Waals surface area contributed by atoms with Crippen molar-refractivity contribution < 1.29 is 8.42 Å². The van der Waals surface area contributed by atoms with Crippen LogP contribution in [0.1, 0.15) is 5.56 Å². The lowest BCUT2D eigenvalue weighted by Crippen LogP contribution is -1.92. The Morgan fingerprint density at radius 1 is 1.33 bits per heavy atom. The third kappa shape index (κ3) is 1.88. The Morgan fingerprint density at radius 3 is 2.87 bits per heavy atom. The quantitative estimate of drug-likeness (QED) is 0.585. The van der Waals surface area contributed by atoms with Crippen LogP contribution in [0.25, 0.3) is 6.08 Å². The molecular weight excluding hydrogens is 230 g/mol. The fraction of sp³-hybridized carbons (Fsp3) is 0. The van der Waals surface area contributed by atoms with Gasteiger partial charge < -0.3 is 0 Å². The highest BCUT2D eigenvalue weighted by atomic mass is 32.2. The number of benzene rings is 1. The molecule has 2 rings (SSSR count). The largest absolute Gasteiger partial charge is 0.256 e. The summed E-state index contributed by atoms with van der Waals surface area (Å²) >= 11 is 4.59. The highest BCUT2D eigenvalue weighted by Crippen LogP contribution is 2.29. The van der Waals surface area contributed by atoms with Crippen molar-refractivity contribution in [2.45, 2.75) is 4.90 Å². The Hall–Kier alpha value is -1.33. The van der Waals surface area contributed by atoms with Crippen molar-refractivity contribution in [2.75, 3.05) is 0 Å². The van der Waals surface area contributed by atoms with Gasteiger partial charge in [0.2, 0.25) is 9.84 Å². The summed E-state index contributed by atoms with van der Waals surface area (Å²) in [5.41, 5.74) is 1.29. The first-order chi connectivity index (χ1) is 7.13. The summed E-state index contributed by atoms with van der Waals surface area (Å²) in [4.78, 5) is 4.30. The first kappa shape index (κ1) is 10.2. The summed E-state index contributed by atoms with van der Waals surface area (Å²) < 4.78 is 23.0. The molecule has 0 aromatic heterocycles. The SMILES string of the molecule is O=S1(=O)C=Cc2ccc(N=CC=S)cc21. The second-order valence-corrected chi connectivity index (χ2v) is 5.06. The van der Waals surface area contributed by atoms with Crippen LogP contribution in [-0.4, -0.2) is 20.0 Å². The summed E-state index contributed by atoms with van der Waals surface area (Å²) in [5.74, 6) is 0. The molecule has 0 aliphatic carbocycles. The van der Waals surface area contributed by atoms with Crippen LogP contribution in [-0.2, 0) is 9.84 Å². The average molecular weight is 237 g/mol. The summed E-state index contributed by atoms with van der Waals surface area (Å²) in [7, 11) is -3.24. The van der Waals surface area contributed by atoms with Gasteiger partial charge >= 0.3 is 0 Å². The molecule has 1 aliphatic heterocycles.